The molecule has 1 aliphatic heterocycles. The van der Waals surface area contributed by atoms with Gasteiger partial charge in [-0.25, -0.2) is 4.98 Å². The lowest BCUT2D eigenvalue weighted by atomic mass is 9.86. The fourth-order valence-corrected chi connectivity index (χ4v) is 3.63. The molecule has 1 aliphatic rings. The molecule has 2 N–H and O–H groups in total. The summed E-state index contributed by atoms with van der Waals surface area (Å²) in [5.41, 5.74) is 2.24. The third-order valence-electron chi connectivity index (χ3n) is 5.38. The maximum absolute atomic E-state index is 12.9. The van der Waals surface area contributed by atoms with Crippen molar-refractivity contribution in [3.05, 3.63) is 53.1 Å². The number of carbonyl (C=O) groups excluding carboxylic acids is 2. The summed E-state index contributed by atoms with van der Waals surface area (Å²) in [6.07, 6.45) is 0.111. The summed E-state index contributed by atoms with van der Waals surface area (Å²) < 4.78 is 2.11. The van der Waals surface area contributed by atoms with Crippen LogP contribution in [0.15, 0.2) is 30.3 Å². The van der Waals surface area contributed by atoms with E-state index in [1.54, 1.807) is 7.05 Å². The lowest BCUT2D eigenvalue weighted by Gasteiger charge is -2.30. The van der Waals surface area contributed by atoms with Gasteiger partial charge < -0.3 is 15.2 Å². The monoisotopic (exact) mass is 421 g/mol. The Labute approximate surface area is 184 Å². The Kier molecular flexibility index (Phi) is 6.81. The molecule has 7 heteroatoms. The van der Waals surface area contributed by atoms with Gasteiger partial charge in [0, 0.05) is 32.2 Å². The first-order chi connectivity index (χ1) is 14.7. The summed E-state index contributed by atoms with van der Waals surface area (Å²) in [4.78, 5) is 32.1. The molecule has 164 valence electrons. The van der Waals surface area contributed by atoms with E-state index >= 15 is 0 Å². The number of nitrogens with one attached hydrogen (secondary N) is 2. The smallest absolute Gasteiger partial charge is 0.242 e. The van der Waals surface area contributed by atoms with Crippen LogP contribution in [0.25, 0.3) is 0 Å². The van der Waals surface area contributed by atoms with E-state index < -0.39 is 11.5 Å². The van der Waals surface area contributed by atoms with Gasteiger partial charge in [0.15, 0.2) is 5.82 Å². The zero-order chi connectivity index (χ0) is 22.6. The number of rotatable bonds is 4. The van der Waals surface area contributed by atoms with E-state index in [-0.39, 0.29) is 18.2 Å². The first-order valence-electron chi connectivity index (χ1n) is 10.5. The molecule has 0 saturated heterocycles. The maximum Gasteiger partial charge on any atom is 0.242 e. The second-order valence-corrected chi connectivity index (χ2v) is 8.99. The predicted molar refractivity (Wildman–Crippen MR) is 120 cm³/mol. The second kappa shape index (κ2) is 9.36. The van der Waals surface area contributed by atoms with Gasteiger partial charge in [-0.1, -0.05) is 44.9 Å². The first kappa shape index (κ1) is 22.6. The molecule has 0 fully saturated rings. The minimum absolute atomic E-state index is 0.111. The van der Waals surface area contributed by atoms with Gasteiger partial charge in [0.1, 0.15) is 6.04 Å². The largest absolute Gasteiger partial charge is 0.357 e. The molecule has 0 saturated carbocycles. The summed E-state index contributed by atoms with van der Waals surface area (Å²) in [7, 11) is 3.63. The number of hydrogen-bond donors (Lipinski definition) is 2. The number of likely N-dealkylation sites (N-methyl/N-ethyl adjacent to an activating group) is 2. The maximum atomic E-state index is 12.9. The Hall–Kier alpha value is -3.11. The Morgan fingerprint density at radius 1 is 1.16 bits per heavy atom. The normalized spacial score (nSPS) is 14.7. The van der Waals surface area contributed by atoms with E-state index in [1.165, 1.54) is 0 Å². The molecule has 0 bridgehead atoms. The zero-order valence-electron chi connectivity index (χ0n) is 19.0. The van der Waals surface area contributed by atoms with E-state index in [0.717, 1.165) is 24.3 Å². The van der Waals surface area contributed by atoms with Crippen molar-refractivity contribution in [3.8, 4) is 11.8 Å². The molecule has 1 aromatic heterocycles. The van der Waals surface area contributed by atoms with Crippen LogP contribution >= 0.6 is 0 Å². The Morgan fingerprint density at radius 3 is 2.52 bits per heavy atom. The van der Waals surface area contributed by atoms with Crippen molar-refractivity contribution in [1.82, 2.24) is 25.1 Å². The number of carbonyl (C=O) groups is 2. The number of benzene rings is 1. The molecule has 1 atom stereocenters. The van der Waals surface area contributed by atoms with Gasteiger partial charge in [0.2, 0.25) is 11.8 Å². The van der Waals surface area contributed by atoms with E-state index in [4.69, 9.17) is 4.98 Å². The fraction of sp³-hybridized carbons (Fsp3) is 0.458. The number of imidazole rings is 1. The molecule has 3 rings (SSSR count). The number of fused-ring (bicyclic) bond motifs is 1. The van der Waals surface area contributed by atoms with Crippen LogP contribution in [0.3, 0.4) is 0 Å². The van der Waals surface area contributed by atoms with E-state index in [9.17, 15) is 9.59 Å². The van der Waals surface area contributed by atoms with Crippen LogP contribution in [0, 0.1) is 17.3 Å². The summed E-state index contributed by atoms with van der Waals surface area (Å²) in [6, 6.07) is 9.16. The first-order valence-corrected chi connectivity index (χ1v) is 10.5. The van der Waals surface area contributed by atoms with Crippen molar-refractivity contribution in [2.45, 2.75) is 46.3 Å². The Morgan fingerprint density at radius 2 is 1.87 bits per heavy atom. The quantitative estimate of drug-likeness (QED) is 0.735. The molecule has 0 radical (unpaired) electrons. The minimum Gasteiger partial charge on any atom is -0.357 e. The molecule has 2 heterocycles. The van der Waals surface area contributed by atoms with Crippen molar-refractivity contribution < 1.29 is 9.59 Å². The van der Waals surface area contributed by atoms with Gasteiger partial charge in [-0.2, -0.15) is 0 Å². The Bertz CT molecular complexity index is 1010. The van der Waals surface area contributed by atoms with Crippen LogP contribution in [0.1, 0.15) is 43.5 Å². The van der Waals surface area contributed by atoms with Gasteiger partial charge in [-0.3, -0.25) is 14.5 Å². The molecular formula is C24H31N5O2. The summed E-state index contributed by atoms with van der Waals surface area (Å²) in [6.45, 7) is 8.17. The fourth-order valence-electron chi connectivity index (χ4n) is 3.63. The van der Waals surface area contributed by atoms with Gasteiger partial charge in [0.05, 0.1) is 17.8 Å². The van der Waals surface area contributed by atoms with E-state index in [2.05, 4.69) is 39.0 Å². The molecule has 1 aromatic carbocycles. The highest BCUT2D eigenvalue weighted by molar-refractivity contribution is 5.88. The lowest BCUT2D eigenvalue weighted by molar-refractivity contribution is -0.131. The molecule has 7 nitrogen and oxygen atoms in total. The molecule has 0 unspecified atom stereocenters. The van der Waals surface area contributed by atoms with Crippen LogP contribution in [0.4, 0.5) is 0 Å². The van der Waals surface area contributed by atoms with E-state index in [1.807, 2.05) is 51.1 Å². The molecule has 2 amide bonds. The highest BCUT2D eigenvalue weighted by Gasteiger charge is 2.32. The minimum atomic E-state index is -0.622. The molecular weight excluding hydrogens is 390 g/mol. The van der Waals surface area contributed by atoms with Crippen LogP contribution in [0.2, 0.25) is 0 Å². The van der Waals surface area contributed by atoms with Crippen molar-refractivity contribution >= 4 is 11.8 Å². The summed E-state index contributed by atoms with van der Waals surface area (Å²) >= 11 is 0. The Balaban J connectivity index is 1.86. The van der Waals surface area contributed by atoms with Crippen molar-refractivity contribution in [3.63, 3.8) is 0 Å². The topological polar surface area (TPSA) is 79.3 Å². The molecule has 31 heavy (non-hydrogen) atoms. The average Bonchev–Trinajstić information content (AvgIpc) is 3.06. The highest BCUT2D eigenvalue weighted by Crippen LogP contribution is 2.21. The third kappa shape index (κ3) is 5.53. The van der Waals surface area contributed by atoms with Crippen LogP contribution in [0.5, 0.6) is 0 Å². The van der Waals surface area contributed by atoms with Crippen LogP contribution in [-0.4, -0.2) is 52.9 Å². The standard InChI is InChI=1S/C24H31N5O2/c1-24(2,3)22(23(31)25-4)27-21(30)15-18-19-16-28(5)13-14-29(19)20(26-18)12-11-17-9-7-6-8-10-17/h6-10,22H,13-16H2,1-5H3,(H,25,31)(H,27,30)/t22-/m1/s1. The van der Waals surface area contributed by atoms with Crippen molar-refractivity contribution in [1.29, 1.82) is 0 Å². The number of aromatic nitrogens is 2. The highest BCUT2D eigenvalue weighted by atomic mass is 16.2. The number of hydrogen-bond acceptors (Lipinski definition) is 4. The number of amides is 2. The number of nitrogens with zero attached hydrogens (tertiary/aromatic N) is 3. The van der Waals surface area contributed by atoms with Crippen LogP contribution in [-0.2, 0) is 29.1 Å². The van der Waals surface area contributed by atoms with Crippen molar-refractivity contribution in [2.24, 2.45) is 5.41 Å². The predicted octanol–water partition coefficient (Wildman–Crippen LogP) is 1.55. The summed E-state index contributed by atoms with van der Waals surface area (Å²) in [5.74, 6) is 6.59. The van der Waals surface area contributed by atoms with Crippen molar-refractivity contribution in [2.75, 3.05) is 20.6 Å². The summed E-state index contributed by atoms with van der Waals surface area (Å²) in [5, 5.41) is 5.53. The van der Waals surface area contributed by atoms with E-state index in [0.29, 0.717) is 18.1 Å². The molecule has 0 aliphatic carbocycles. The zero-order valence-corrected chi connectivity index (χ0v) is 19.0. The van der Waals surface area contributed by atoms with Gasteiger partial charge >= 0.3 is 0 Å². The average molecular weight is 422 g/mol. The van der Waals surface area contributed by atoms with Gasteiger partial charge in [0.25, 0.3) is 0 Å². The van der Waals surface area contributed by atoms with Gasteiger partial charge in [-0.15, -0.1) is 0 Å². The second-order valence-electron chi connectivity index (χ2n) is 8.99. The molecule has 0 spiro atoms. The third-order valence-corrected chi connectivity index (χ3v) is 5.38. The van der Waals surface area contributed by atoms with Crippen LogP contribution < -0.4 is 10.6 Å². The van der Waals surface area contributed by atoms with Gasteiger partial charge in [-0.05, 0) is 30.5 Å². The lowest BCUT2D eigenvalue weighted by Crippen LogP contribution is -2.53. The molecule has 2 aromatic rings. The SMILES string of the molecule is CNC(=O)[C@@H](NC(=O)Cc1nc(C#Cc2ccccc2)n2c1CN(C)CC2)C(C)(C)C.